The maximum absolute atomic E-state index is 13.3. The number of ether oxygens (including phenoxy) is 1. The van der Waals surface area contributed by atoms with Crippen LogP contribution in [-0.2, 0) is 22.7 Å². The van der Waals surface area contributed by atoms with Crippen molar-refractivity contribution >= 4 is 61.0 Å². The molecule has 0 spiro atoms. The van der Waals surface area contributed by atoms with Gasteiger partial charge in [-0.15, -0.1) is 0 Å². The zero-order valence-corrected chi connectivity index (χ0v) is 20.0. The fourth-order valence-electron chi connectivity index (χ4n) is 3.66. The molecule has 3 nitrogen and oxygen atoms in total. The van der Waals surface area contributed by atoms with E-state index in [0.717, 1.165) is 11.1 Å². The smallest absolute Gasteiger partial charge is 0.311 e. The number of halogens is 5. The monoisotopic (exact) mass is 553 g/mol. The number of esters is 1. The molecule has 0 saturated heterocycles. The van der Waals surface area contributed by atoms with Gasteiger partial charge >= 0.3 is 5.97 Å². The first-order valence-electron chi connectivity index (χ1n) is 8.76. The minimum atomic E-state index is -1.16. The number of aromatic nitrogens is 1. The van der Waals surface area contributed by atoms with Crippen molar-refractivity contribution in [3.8, 4) is 0 Å². The second-order valence-electron chi connectivity index (χ2n) is 7.70. The number of hydrogen-bond donors (Lipinski definition) is 0. The summed E-state index contributed by atoms with van der Waals surface area (Å²) in [5.74, 6) is -0.847. The summed E-state index contributed by atoms with van der Waals surface area (Å²) in [7, 11) is 0. The molecule has 1 fully saturated rings. The molecule has 3 atom stereocenters. The van der Waals surface area contributed by atoms with Gasteiger partial charge in [0.25, 0.3) is 0 Å². The Labute approximate surface area is 190 Å². The largest absolute Gasteiger partial charge is 0.444 e. The maximum Gasteiger partial charge on any atom is 0.311 e. The first kappa shape index (κ1) is 22.1. The summed E-state index contributed by atoms with van der Waals surface area (Å²) in [4.78, 5) is 12.3. The van der Waals surface area contributed by atoms with E-state index in [-0.39, 0.29) is 40.6 Å². The Balaban J connectivity index is 1.56. The first-order chi connectivity index (χ1) is 13.0. The van der Waals surface area contributed by atoms with Crippen LogP contribution in [0.5, 0.6) is 0 Å². The van der Waals surface area contributed by atoms with E-state index in [1.807, 2.05) is 38.4 Å². The van der Waals surface area contributed by atoms with E-state index in [9.17, 15) is 9.18 Å². The van der Waals surface area contributed by atoms with Crippen LogP contribution in [0.1, 0.15) is 25.0 Å². The van der Waals surface area contributed by atoms with Gasteiger partial charge in [-0.3, -0.25) is 4.79 Å². The molecule has 1 aromatic heterocycles. The second-order valence-corrected chi connectivity index (χ2v) is 12.2. The minimum absolute atomic E-state index is 0.0393. The van der Waals surface area contributed by atoms with Crippen molar-refractivity contribution in [1.82, 2.24) is 4.57 Å². The molecule has 3 unspecified atom stereocenters. The molecular formula is C20H20Br2Cl2FNO2. The zero-order chi connectivity index (χ0) is 20.7. The molecular weight excluding hydrogens is 536 g/mol. The van der Waals surface area contributed by atoms with Gasteiger partial charge in [-0.05, 0) is 63.0 Å². The van der Waals surface area contributed by atoms with Crippen molar-refractivity contribution in [2.45, 2.75) is 35.1 Å². The lowest BCUT2D eigenvalue weighted by Gasteiger charge is -2.20. The van der Waals surface area contributed by atoms with Gasteiger partial charge in [-0.1, -0.05) is 65.1 Å². The number of hydrogen-bond acceptors (Lipinski definition) is 2. The average molecular weight is 556 g/mol. The van der Waals surface area contributed by atoms with Crippen LogP contribution in [0.25, 0.3) is 0 Å². The number of benzene rings is 1. The van der Waals surface area contributed by atoms with Crippen LogP contribution in [0, 0.1) is 23.1 Å². The molecule has 1 aliphatic carbocycles. The van der Waals surface area contributed by atoms with E-state index in [1.165, 1.54) is 12.1 Å². The summed E-state index contributed by atoms with van der Waals surface area (Å²) in [6, 6.07) is 8.44. The Morgan fingerprint density at radius 2 is 2.07 bits per heavy atom. The lowest BCUT2D eigenvalue weighted by molar-refractivity contribution is -0.150. The normalized spacial score (nSPS) is 22.0. The topological polar surface area (TPSA) is 31.2 Å². The molecule has 0 N–H and O–H groups in total. The van der Waals surface area contributed by atoms with Crippen molar-refractivity contribution in [2.75, 3.05) is 0 Å². The van der Waals surface area contributed by atoms with Crippen LogP contribution in [0.15, 0.2) is 42.7 Å². The number of carbonyl (C=O) groups is 1. The van der Waals surface area contributed by atoms with Crippen molar-refractivity contribution in [3.63, 3.8) is 0 Å². The summed E-state index contributed by atoms with van der Waals surface area (Å²) in [5.41, 5.74) is 1.65. The highest BCUT2D eigenvalue weighted by atomic mass is 79.9. The molecule has 8 heteroatoms. The summed E-state index contributed by atoms with van der Waals surface area (Å²) < 4.78 is 19.4. The third-order valence-corrected chi connectivity index (χ3v) is 8.62. The Kier molecular flexibility index (Phi) is 6.55. The summed E-state index contributed by atoms with van der Waals surface area (Å²) >= 11 is 19.0. The Morgan fingerprint density at radius 1 is 1.36 bits per heavy atom. The van der Waals surface area contributed by atoms with E-state index in [0.29, 0.717) is 6.42 Å². The molecule has 0 bridgehead atoms. The Hall–Kier alpha value is -0.560. The highest BCUT2D eigenvalue weighted by molar-refractivity contribution is 9.13. The average Bonchev–Trinajstić information content (AvgIpc) is 2.92. The van der Waals surface area contributed by atoms with Gasteiger partial charge in [0.1, 0.15) is 5.82 Å². The number of carbonyl (C=O) groups excluding carboxylic acids is 1. The highest BCUT2D eigenvalue weighted by Gasteiger charge is 2.67. The van der Waals surface area contributed by atoms with Crippen LogP contribution >= 0.6 is 55.1 Å². The molecule has 1 aliphatic rings. The van der Waals surface area contributed by atoms with Gasteiger partial charge in [0.05, 0.1) is 10.7 Å². The summed E-state index contributed by atoms with van der Waals surface area (Å²) in [6.07, 6.45) is 4.34. The number of alkyl halides is 4. The van der Waals surface area contributed by atoms with Crippen molar-refractivity contribution < 1.29 is 13.9 Å². The van der Waals surface area contributed by atoms with Crippen molar-refractivity contribution in [3.05, 3.63) is 59.7 Å². The predicted octanol–water partition coefficient (Wildman–Crippen LogP) is 6.28. The SMILES string of the molecule is CC1(C)C(C(=O)OCn2ccc(Cc3cccc(F)c3)c2)C1C(Br)C(Cl)(Cl)Br. The van der Waals surface area contributed by atoms with Crippen LogP contribution in [0.4, 0.5) is 4.39 Å². The van der Waals surface area contributed by atoms with E-state index in [1.54, 1.807) is 10.6 Å². The van der Waals surface area contributed by atoms with Gasteiger partial charge < -0.3 is 9.30 Å². The third-order valence-electron chi connectivity index (χ3n) is 5.26. The quantitative estimate of drug-likeness (QED) is 0.297. The first-order valence-corrected chi connectivity index (χ1v) is 11.2. The molecule has 1 aromatic carbocycles. The zero-order valence-electron chi connectivity index (χ0n) is 15.3. The fourth-order valence-corrected chi connectivity index (χ4v) is 5.21. The van der Waals surface area contributed by atoms with Crippen molar-refractivity contribution in [1.29, 1.82) is 0 Å². The Morgan fingerprint density at radius 3 is 2.71 bits per heavy atom. The van der Waals surface area contributed by atoms with Gasteiger partial charge in [-0.25, -0.2) is 4.39 Å². The molecule has 3 rings (SSSR count). The standard InChI is InChI=1S/C20H20Br2Cl2FNO2/c1-19(2)15(17(21)20(22,23)24)16(19)18(27)28-11-26-7-6-13(10-26)8-12-4-3-5-14(25)9-12/h3-7,9-10,15-17H,8,11H2,1-2H3. The predicted molar refractivity (Wildman–Crippen MR) is 117 cm³/mol. The van der Waals surface area contributed by atoms with Crippen LogP contribution < -0.4 is 0 Å². The van der Waals surface area contributed by atoms with Gasteiger partial charge in [0.2, 0.25) is 0 Å². The molecule has 0 aliphatic heterocycles. The maximum atomic E-state index is 13.3. The molecule has 1 saturated carbocycles. The molecule has 0 amide bonds. The van der Waals surface area contributed by atoms with Gasteiger partial charge in [0, 0.05) is 12.4 Å². The second kappa shape index (κ2) is 8.29. The molecule has 1 heterocycles. The lowest BCUT2D eigenvalue weighted by atomic mass is 10.1. The number of rotatable bonds is 7. The van der Waals surface area contributed by atoms with Gasteiger partial charge in [0.15, 0.2) is 9.97 Å². The van der Waals surface area contributed by atoms with E-state index < -0.39 is 3.24 Å². The molecule has 28 heavy (non-hydrogen) atoms. The van der Waals surface area contributed by atoms with Crippen LogP contribution in [0.3, 0.4) is 0 Å². The van der Waals surface area contributed by atoms with Gasteiger partial charge in [-0.2, -0.15) is 0 Å². The van der Waals surface area contributed by atoms with E-state index in [2.05, 4.69) is 31.9 Å². The summed E-state index contributed by atoms with van der Waals surface area (Å²) in [6.45, 7) is 4.11. The number of nitrogens with zero attached hydrogens (tertiary/aromatic N) is 1. The van der Waals surface area contributed by atoms with E-state index in [4.69, 9.17) is 27.9 Å². The van der Waals surface area contributed by atoms with Crippen LogP contribution in [-0.4, -0.2) is 18.6 Å². The van der Waals surface area contributed by atoms with Crippen LogP contribution in [0.2, 0.25) is 0 Å². The molecule has 2 aromatic rings. The lowest BCUT2D eigenvalue weighted by Crippen LogP contribution is -2.23. The van der Waals surface area contributed by atoms with Crippen molar-refractivity contribution in [2.24, 2.45) is 17.3 Å². The third kappa shape index (κ3) is 4.94. The highest BCUT2D eigenvalue weighted by Crippen LogP contribution is 2.65. The molecule has 152 valence electrons. The minimum Gasteiger partial charge on any atom is -0.444 e. The van der Waals surface area contributed by atoms with E-state index >= 15 is 0 Å². The summed E-state index contributed by atoms with van der Waals surface area (Å²) in [5, 5.41) is 0. The Bertz CT molecular complexity index is 866. The fraction of sp³-hybridized carbons (Fsp3) is 0.450. The molecule has 0 radical (unpaired) electrons.